The van der Waals surface area contributed by atoms with Crippen molar-refractivity contribution in [1.82, 2.24) is 20.3 Å². The predicted octanol–water partition coefficient (Wildman–Crippen LogP) is 1.71. The Kier molecular flexibility index (Phi) is 3.34. The second-order valence-electron chi connectivity index (χ2n) is 4.80. The van der Waals surface area contributed by atoms with Crippen molar-refractivity contribution in [2.75, 3.05) is 0 Å². The van der Waals surface area contributed by atoms with E-state index in [0.717, 1.165) is 23.6 Å². The molecule has 9 heteroatoms. The van der Waals surface area contributed by atoms with Crippen molar-refractivity contribution in [3.05, 3.63) is 45.8 Å². The summed E-state index contributed by atoms with van der Waals surface area (Å²) in [6.45, 7) is 0.426. The molecule has 0 atom stereocenters. The smallest absolute Gasteiger partial charge is 0.298 e. The lowest BCUT2D eigenvalue weighted by molar-refractivity contribution is -0.384. The highest BCUT2D eigenvalue weighted by atomic mass is 19.2. The van der Waals surface area contributed by atoms with E-state index in [-0.39, 0.29) is 0 Å². The van der Waals surface area contributed by atoms with Crippen LogP contribution in [0.15, 0.2) is 18.3 Å². The number of hydrogen-bond donors (Lipinski definition) is 1. The number of nitro groups is 1. The van der Waals surface area contributed by atoms with Gasteiger partial charge in [0.15, 0.2) is 17.3 Å². The Morgan fingerprint density at radius 2 is 2.19 bits per heavy atom. The van der Waals surface area contributed by atoms with Gasteiger partial charge in [0.1, 0.15) is 0 Å². The first-order valence-electron chi connectivity index (χ1n) is 6.33. The van der Waals surface area contributed by atoms with Crippen LogP contribution in [0.2, 0.25) is 0 Å². The minimum atomic E-state index is -1.32. The molecule has 1 aliphatic carbocycles. The molecule has 3 rings (SSSR count). The van der Waals surface area contributed by atoms with Crippen LogP contribution in [-0.2, 0) is 6.54 Å². The van der Waals surface area contributed by atoms with Gasteiger partial charge in [-0.25, -0.2) is 13.5 Å². The second-order valence-corrected chi connectivity index (χ2v) is 4.80. The van der Waals surface area contributed by atoms with Gasteiger partial charge in [-0.3, -0.25) is 10.1 Å². The molecule has 0 aliphatic heterocycles. The number of benzene rings is 1. The van der Waals surface area contributed by atoms with E-state index in [2.05, 4.69) is 15.6 Å². The molecule has 21 heavy (non-hydrogen) atoms. The van der Waals surface area contributed by atoms with Crippen LogP contribution in [0.4, 0.5) is 14.5 Å². The number of hydrogen-bond acceptors (Lipinski definition) is 5. The molecule has 1 saturated carbocycles. The molecule has 7 nitrogen and oxygen atoms in total. The summed E-state index contributed by atoms with van der Waals surface area (Å²) in [5, 5.41) is 21.6. The predicted molar refractivity (Wildman–Crippen MR) is 67.8 cm³/mol. The molecule has 2 aromatic rings. The Hall–Kier alpha value is -2.42. The van der Waals surface area contributed by atoms with Crippen molar-refractivity contribution in [2.24, 2.45) is 0 Å². The number of aromatic nitrogens is 3. The highest BCUT2D eigenvalue weighted by molar-refractivity contribution is 5.53. The zero-order chi connectivity index (χ0) is 15.0. The number of nitrogens with zero attached hydrogens (tertiary/aromatic N) is 4. The maximum Gasteiger partial charge on any atom is 0.298 e. The lowest BCUT2D eigenvalue weighted by atomic mass is 10.2. The molecule has 1 aromatic carbocycles. The molecule has 0 amide bonds. The Labute approximate surface area is 117 Å². The Balaban J connectivity index is 1.95. The fourth-order valence-corrected chi connectivity index (χ4v) is 1.92. The standard InChI is InChI=1S/C12H11F2N5O2/c13-9-3-4-10(19(20)21)12(11(9)14)18-6-8(16-17-18)5-15-7-1-2-7/h3-4,6-7,15H,1-2,5H2. The van der Waals surface area contributed by atoms with Crippen LogP contribution in [-0.4, -0.2) is 26.0 Å². The van der Waals surface area contributed by atoms with Crippen LogP contribution in [0.25, 0.3) is 5.69 Å². The molecule has 1 heterocycles. The summed E-state index contributed by atoms with van der Waals surface area (Å²) in [6.07, 6.45) is 3.54. The van der Waals surface area contributed by atoms with Crippen molar-refractivity contribution in [3.63, 3.8) is 0 Å². The van der Waals surface area contributed by atoms with E-state index in [1.807, 2.05) is 0 Å². The van der Waals surface area contributed by atoms with Gasteiger partial charge < -0.3 is 5.32 Å². The largest absolute Gasteiger partial charge is 0.308 e. The monoisotopic (exact) mass is 295 g/mol. The number of nitro benzene ring substituents is 1. The van der Waals surface area contributed by atoms with Gasteiger partial charge in [-0.05, 0) is 18.9 Å². The zero-order valence-electron chi connectivity index (χ0n) is 10.8. The third-order valence-electron chi connectivity index (χ3n) is 3.16. The minimum absolute atomic E-state index is 0.426. The van der Waals surface area contributed by atoms with Crippen molar-refractivity contribution in [3.8, 4) is 5.69 Å². The van der Waals surface area contributed by atoms with Crippen molar-refractivity contribution in [2.45, 2.75) is 25.4 Å². The first-order valence-corrected chi connectivity index (χ1v) is 6.33. The van der Waals surface area contributed by atoms with Crippen LogP contribution in [0.1, 0.15) is 18.5 Å². The SMILES string of the molecule is O=[N+]([O-])c1ccc(F)c(F)c1-n1cc(CNC2CC2)nn1. The van der Waals surface area contributed by atoms with E-state index < -0.39 is 27.9 Å². The first-order chi connectivity index (χ1) is 10.1. The van der Waals surface area contributed by atoms with Gasteiger partial charge in [0.05, 0.1) is 16.8 Å². The molecule has 1 fully saturated rings. The van der Waals surface area contributed by atoms with E-state index >= 15 is 0 Å². The molecule has 0 saturated heterocycles. The summed E-state index contributed by atoms with van der Waals surface area (Å²) in [5.41, 5.74) is -0.620. The Morgan fingerprint density at radius 1 is 1.43 bits per heavy atom. The molecule has 0 radical (unpaired) electrons. The fourth-order valence-electron chi connectivity index (χ4n) is 1.92. The molecule has 110 valence electrons. The Bertz CT molecular complexity index is 699. The summed E-state index contributed by atoms with van der Waals surface area (Å²) in [7, 11) is 0. The first kappa shape index (κ1) is 13.6. The van der Waals surface area contributed by atoms with E-state index in [9.17, 15) is 18.9 Å². The normalized spacial score (nSPS) is 14.4. The fraction of sp³-hybridized carbons (Fsp3) is 0.333. The van der Waals surface area contributed by atoms with E-state index in [1.54, 1.807) is 0 Å². The molecular formula is C12H11F2N5O2. The highest BCUT2D eigenvalue weighted by Crippen LogP contribution is 2.27. The molecule has 1 aliphatic rings. The molecule has 1 N–H and O–H groups in total. The Morgan fingerprint density at radius 3 is 2.86 bits per heavy atom. The van der Waals surface area contributed by atoms with Crippen molar-refractivity contribution >= 4 is 5.69 Å². The third kappa shape index (κ3) is 2.72. The average molecular weight is 295 g/mol. The van der Waals surface area contributed by atoms with Crippen molar-refractivity contribution < 1.29 is 13.7 Å². The lowest BCUT2D eigenvalue weighted by Crippen LogP contribution is -2.15. The molecular weight excluding hydrogens is 284 g/mol. The summed E-state index contributed by atoms with van der Waals surface area (Å²) in [5.74, 6) is -2.50. The van der Waals surface area contributed by atoms with Crippen molar-refractivity contribution in [1.29, 1.82) is 0 Å². The van der Waals surface area contributed by atoms with Gasteiger partial charge in [-0.2, -0.15) is 0 Å². The zero-order valence-corrected chi connectivity index (χ0v) is 10.8. The van der Waals surface area contributed by atoms with Crippen LogP contribution < -0.4 is 5.32 Å². The van der Waals surface area contributed by atoms with Gasteiger partial charge in [-0.1, -0.05) is 5.21 Å². The van der Waals surface area contributed by atoms with Gasteiger partial charge in [0, 0.05) is 18.7 Å². The van der Waals surface area contributed by atoms with Crippen LogP contribution in [0, 0.1) is 21.7 Å². The summed E-state index contributed by atoms with van der Waals surface area (Å²) < 4.78 is 28.1. The summed E-state index contributed by atoms with van der Waals surface area (Å²) in [4.78, 5) is 10.1. The summed E-state index contributed by atoms with van der Waals surface area (Å²) in [6, 6.07) is 2.07. The van der Waals surface area contributed by atoms with Gasteiger partial charge >= 0.3 is 0 Å². The quantitative estimate of drug-likeness (QED) is 0.670. The number of rotatable bonds is 5. The molecule has 0 unspecified atom stereocenters. The van der Waals surface area contributed by atoms with E-state index in [0.29, 0.717) is 24.3 Å². The molecule has 0 bridgehead atoms. The van der Waals surface area contributed by atoms with Crippen LogP contribution in [0.3, 0.4) is 0 Å². The average Bonchev–Trinajstić information content (AvgIpc) is 3.17. The summed E-state index contributed by atoms with van der Waals surface area (Å²) >= 11 is 0. The van der Waals surface area contributed by atoms with Crippen LogP contribution >= 0.6 is 0 Å². The highest BCUT2D eigenvalue weighted by Gasteiger charge is 2.25. The third-order valence-corrected chi connectivity index (χ3v) is 3.16. The minimum Gasteiger partial charge on any atom is -0.308 e. The van der Waals surface area contributed by atoms with E-state index in [1.165, 1.54) is 6.20 Å². The topological polar surface area (TPSA) is 85.9 Å². The lowest BCUT2D eigenvalue weighted by Gasteiger charge is -2.04. The molecule has 1 aromatic heterocycles. The van der Waals surface area contributed by atoms with Crippen LogP contribution in [0.5, 0.6) is 0 Å². The van der Waals surface area contributed by atoms with Gasteiger partial charge in [-0.15, -0.1) is 5.10 Å². The number of halogens is 2. The number of nitrogens with one attached hydrogen (secondary N) is 1. The van der Waals surface area contributed by atoms with Gasteiger partial charge in [0.2, 0.25) is 0 Å². The van der Waals surface area contributed by atoms with Gasteiger partial charge in [0.25, 0.3) is 5.69 Å². The second kappa shape index (κ2) is 5.17. The molecule has 0 spiro atoms. The van der Waals surface area contributed by atoms with E-state index in [4.69, 9.17) is 0 Å². The maximum absolute atomic E-state index is 13.9. The maximum atomic E-state index is 13.9.